The van der Waals surface area contributed by atoms with E-state index in [4.69, 9.17) is 0 Å². The van der Waals surface area contributed by atoms with E-state index in [1.807, 2.05) is 12.1 Å². The van der Waals surface area contributed by atoms with Crippen LogP contribution in [0.3, 0.4) is 0 Å². The average Bonchev–Trinajstić information content (AvgIpc) is 3.54. The Labute approximate surface area is 298 Å². The molecule has 0 saturated heterocycles. The summed E-state index contributed by atoms with van der Waals surface area (Å²) in [6.45, 7) is 9.48. The Hall–Kier alpha value is -6.17. The first kappa shape index (κ1) is 29.7. The van der Waals surface area contributed by atoms with Gasteiger partial charge in [-0.1, -0.05) is 113 Å². The molecular weight excluding hydrogens is 617 g/mol. The van der Waals surface area contributed by atoms with Gasteiger partial charge in [-0.25, -0.2) is 0 Å². The van der Waals surface area contributed by atoms with Crippen LogP contribution in [0.4, 0.5) is 17.1 Å². The van der Waals surface area contributed by atoms with Gasteiger partial charge in [-0.15, -0.1) is 0 Å². The lowest BCUT2D eigenvalue weighted by Gasteiger charge is -2.29. The van der Waals surface area contributed by atoms with Gasteiger partial charge in [0.1, 0.15) is 0 Å². The maximum Gasteiger partial charge on any atom is 0.0991 e. The molecule has 0 aromatic heterocycles. The molecule has 0 radical (unpaired) electrons. The Kier molecular flexibility index (Phi) is 6.07. The van der Waals surface area contributed by atoms with Crippen LogP contribution in [0, 0.1) is 11.3 Å². The van der Waals surface area contributed by atoms with Crippen LogP contribution in [0.2, 0.25) is 0 Å². The molecule has 51 heavy (non-hydrogen) atoms. The minimum absolute atomic E-state index is 0.0506. The van der Waals surface area contributed by atoms with Crippen molar-refractivity contribution in [1.82, 2.24) is 0 Å². The van der Waals surface area contributed by atoms with Crippen molar-refractivity contribution in [1.29, 1.82) is 5.26 Å². The van der Waals surface area contributed by atoms with Crippen LogP contribution in [0.15, 0.2) is 146 Å². The van der Waals surface area contributed by atoms with E-state index in [1.165, 1.54) is 76.8 Å². The molecule has 2 heteroatoms. The Morgan fingerprint density at radius 2 is 1.10 bits per heavy atom. The number of anilines is 3. The van der Waals surface area contributed by atoms with E-state index in [1.54, 1.807) is 0 Å². The molecule has 0 heterocycles. The van der Waals surface area contributed by atoms with Gasteiger partial charge in [0.15, 0.2) is 0 Å². The summed E-state index contributed by atoms with van der Waals surface area (Å²) < 4.78 is 0. The van der Waals surface area contributed by atoms with Gasteiger partial charge in [0, 0.05) is 27.6 Å². The maximum absolute atomic E-state index is 9.55. The highest BCUT2D eigenvalue weighted by atomic mass is 15.1. The van der Waals surface area contributed by atoms with Crippen LogP contribution >= 0.6 is 0 Å². The second-order valence-corrected chi connectivity index (χ2v) is 15.3. The van der Waals surface area contributed by atoms with Crippen molar-refractivity contribution in [2.45, 2.75) is 38.5 Å². The van der Waals surface area contributed by atoms with Crippen LogP contribution in [0.5, 0.6) is 0 Å². The van der Waals surface area contributed by atoms with Crippen molar-refractivity contribution in [2.24, 2.45) is 0 Å². The smallest absolute Gasteiger partial charge is 0.0991 e. The standard InChI is InChI=1S/C49H36N2/c1-48(2)41-13-7-11-32-17-18-34-25-35(27-44(48)47(34)46(32)41)33-19-23-39-40-24-22-37(28-43(40)49(3,4)42(39)26-33)51(36-20-15-30(29-50)16-21-36)45-14-8-10-31-9-5-6-12-38(31)45/h5-28H,1-4H3. The van der Waals surface area contributed by atoms with Gasteiger partial charge in [0.05, 0.1) is 17.3 Å². The highest BCUT2D eigenvalue weighted by Crippen LogP contribution is 2.53. The summed E-state index contributed by atoms with van der Waals surface area (Å²) in [5.41, 5.74) is 14.3. The normalized spacial score (nSPS) is 14.6. The number of nitriles is 1. The zero-order valence-electron chi connectivity index (χ0n) is 29.3. The number of rotatable bonds is 4. The predicted octanol–water partition coefficient (Wildman–Crippen LogP) is 13.1. The Balaban J connectivity index is 1.10. The van der Waals surface area contributed by atoms with Crippen LogP contribution in [0.1, 0.15) is 55.5 Å². The SMILES string of the molecule is CC1(C)c2cc(-c3cc4c5c(ccc6cccc(c65)C4(C)C)c3)ccc2-c2ccc(N(c3ccc(C#N)cc3)c3cccc4ccccc34)cc21. The minimum Gasteiger partial charge on any atom is -0.310 e. The zero-order valence-corrected chi connectivity index (χ0v) is 29.3. The fourth-order valence-electron chi connectivity index (χ4n) is 9.13. The molecule has 2 aliphatic rings. The number of hydrogen-bond donors (Lipinski definition) is 0. The molecule has 8 aromatic carbocycles. The predicted molar refractivity (Wildman–Crippen MR) is 213 cm³/mol. The molecule has 2 nitrogen and oxygen atoms in total. The van der Waals surface area contributed by atoms with Gasteiger partial charge in [0.25, 0.3) is 0 Å². The summed E-state index contributed by atoms with van der Waals surface area (Å²) in [7, 11) is 0. The number of fused-ring (bicyclic) bond motifs is 4. The van der Waals surface area contributed by atoms with Crippen molar-refractivity contribution in [3.05, 3.63) is 173 Å². The van der Waals surface area contributed by atoms with Gasteiger partial charge in [0.2, 0.25) is 0 Å². The molecule has 0 amide bonds. The summed E-state index contributed by atoms with van der Waals surface area (Å²) in [6.07, 6.45) is 0. The van der Waals surface area contributed by atoms with Gasteiger partial charge in [-0.2, -0.15) is 5.26 Å². The Bertz CT molecular complexity index is 2810. The molecular formula is C49H36N2. The van der Waals surface area contributed by atoms with Crippen LogP contribution in [-0.4, -0.2) is 0 Å². The molecule has 0 atom stereocenters. The lowest BCUT2D eigenvalue weighted by Crippen LogP contribution is -2.17. The first-order valence-electron chi connectivity index (χ1n) is 17.8. The number of hydrogen-bond acceptors (Lipinski definition) is 2. The lowest BCUT2D eigenvalue weighted by molar-refractivity contribution is 0.660. The molecule has 0 bridgehead atoms. The first-order chi connectivity index (χ1) is 24.7. The monoisotopic (exact) mass is 652 g/mol. The van der Waals surface area contributed by atoms with E-state index in [0.29, 0.717) is 5.56 Å². The molecule has 0 N–H and O–H groups in total. The van der Waals surface area contributed by atoms with E-state index in [0.717, 1.165) is 17.1 Å². The van der Waals surface area contributed by atoms with Crippen LogP contribution < -0.4 is 4.90 Å². The molecule has 0 fully saturated rings. The fourth-order valence-corrected chi connectivity index (χ4v) is 9.13. The highest BCUT2D eigenvalue weighted by molar-refractivity contribution is 6.15. The van der Waals surface area contributed by atoms with Crippen molar-refractivity contribution < 1.29 is 0 Å². The quantitative estimate of drug-likeness (QED) is 0.177. The zero-order chi connectivity index (χ0) is 34.6. The van der Waals surface area contributed by atoms with E-state index >= 15 is 0 Å². The van der Waals surface area contributed by atoms with E-state index < -0.39 is 0 Å². The fraction of sp³-hybridized carbons (Fsp3) is 0.122. The summed E-state index contributed by atoms with van der Waals surface area (Å²) in [5, 5.41) is 17.4. The van der Waals surface area contributed by atoms with Crippen LogP contribution in [0.25, 0.3) is 54.6 Å². The molecule has 2 aliphatic carbocycles. The molecule has 0 aliphatic heterocycles. The highest BCUT2D eigenvalue weighted by Gasteiger charge is 2.37. The average molecular weight is 653 g/mol. The Morgan fingerprint density at radius 3 is 1.92 bits per heavy atom. The summed E-state index contributed by atoms with van der Waals surface area (Å²) in [6, 6.07) is 55.5. The second-order valence-electron chi connectivity index (χ2n) is 15.3. The van der Waals surface area contributed by atoms with Gasteiger partial charge in [-0.05, 0) is 132 Å². The second kappa shape index (κ2) is 10.4. The molecule has 0 unspecified atom stereocenters. The summed E-state index contributed by atoms with van der Waals surface area (Å²) in [4.78, 5) is 2.34. The number of benzene rings is 8. The van der Waals surface area contributed by atoms with Gasteiger partial charge >= 0.3 is 0 Å². The molecule has 242 valence electrons. The summed E-state index contributed by atoms with van der Waals surface area (Å²) >= 11 is 0. The largest absolute Gasteiger partial charge is 0.310 e. The number of nitrogens with zero attached hydrogens (tertiary/aromatic N) is 2. The van der Waals surface area contributed by atoms with E-state index in [9.17, 15) is 5.26 Å². The van der Waals surface area contributed by atoms with E-state index in [-0.39, 0.29) is 10.8 Å². The van der Waals surface area contributed by atoms with Gasteiger partial charge in [-0.3, -0.25) is 0 Å². The molecule has 8 aromatic rings. The van der Waals surface area contributed by atoms with Crippen LogP contribution in [-0.2, 0) is 10.8 Å². The maximum atomic E-state index is 9.55. The lowest BCUT2D eigenvalue weighted by atomic mass is 9.79. The van der Waals surface area contributed by atoms with Crippen molar-refractivity contribution in [3.63, 3.8) is 0 Å². The third kappa shape index (κ3) is 4.16. The molecule has 0 saturated carbocycles. The minimum atomic E-state index is -0.207. The Morgan fingerprint density at radius 1 is 0.471 bits per heavy atom. The summed E-state index contributed by atoms with van der Waals surface area (Å²) in [5.74, 6) is 0. The third-order valence-electron chi connectivity index (χ3n) is 11.8. The van der Waals surface area contributed by atoms with Crippen molar-refractivity contribution in [2.75, 3.05) is 4.90 Å². The topological polar surface area (TPSA) is 27.0 Å². The third-order valence-corrected chi connectivity index (χ3v) is 11.8. The van der Waals surface area contributed by atoms with Crippen molar-refractivity contribution in [3.8, 4) is 28.3 Å². The van der Waals surface area contributed by atoms with Crippen molar-refractivity contribution >= 4 is 49.4 Å². The first-order valence-corrected chi connectivity index (χ1v) is 17.8. The van der Waals surface area contributed by atoms with Gasteiger partial charge < -0.3 is 4.90 Å². The molecule has 10 rings (SSSR count). The molecule has 0 spiro atoms. The van der Waals surface area contributed by atoms with E-state index in [2.05, 4.69) is 172 Å².